The third-order valence-corrected chi connectivity index (χ3v) is 2.94. The highest BCUT2D eigenvalue weighted by Gasteiger charge is 2.18. The van der Waals surface area contributed by atoms with Crippen LogP contribution in [0, 0.1) is 13.8 Å². The zero-order chi connectivity index (χ0) is 11.5. The fraction of sp³-hybridized carbons (Fsp3) is 0.667. The molecule has 2 rings (SSSR count). The summed E-state index contributed by atoms with van der Waals surface area (Å²) < 4.78 is 0. The summed E-state index contributed by atoms with van der Waals surface area (Å²) in [6.07, 6.45) is 2.27. The highest BCUT2D eigenvalue weighted by Crippen LogP contribution is 2.13. The number of rotatable bonds is 2. The molecule has 0 aliphatic carbocycles. The van der Waals surface area contributed by atoms with E-state index in [0.29, 0.717) is 12.1 Å². The molecule has 1 fully saturated rings. The van der Waals surface area contributed by atoms with E-state index in [1.54, 1.807) is 0 Å². The summed E-state index contributed by atoms with van der Waals surface area (Å²) in [5, 5.41) is 6.87. The van der Waals surface area contributed by atoms with Gasteiger partial charge >= 0.3 is 0 Å². The van der Waals surface area contributed by atoms with E-state index in [0.717, 1.165) is 36.7 Å². The number of nitrogens with zero attached hydrogens (tertiary/aromatic N) is 2. The van der Waals surface area contributed by atoms with Gasteiger partial charge in [0.1, 0.15) is 0 Å². The van der Waals surface area contributed by atoms with E-state index in [2.05, 4.69) is 27.5 Å². The van der Waals surface area contributed by atoms with Crippen LogP contribution in [0.3, 0.4) is 0 Å². The molecule has 2 unspecified atom stereocenters. The number of anilines is 1. The lowest BCUT2D eigenvalue weighted by atomic mass is 10.0. The molecule has 1 aromatic heterocycles. The second kappa shape index (κ2) is 4.78. The van der Waals surface area contributed by atoms with E-state index in [1.165, 1.54) is 0 Å². The highest BCUT2D eigenvalue weighted by molar-refractivity contribution is 5.29. The number of aryl methyl sites for hydroxylation is 2. The van der Waals surface area contributed by atoms with Gasteiger partial charge < -0.3 is 10.6 Å². The van der Waals surface area contributed by atoms with Crippen LogP contribution in [-0.2, 0) is 0 Å². The van der Waals surface area contributed by atoms with E-state index < -0.39 is 0 Å². The number of hydrogen-bond acceptors (Lipinski definition) is 4. The first kappa shape index (κ1) is 11.3. The first-order valence-corrected chi connectivity index (χ1v) is 5.95. The van der Waals surface area contributed by atoms with E-state index in [9.17, 15) is 0 Å². The molecular weight excluding hydrogens is 200 g/mol. The molecule has 1 aliphatic heterocycles. The van der Waals surface area contributed by atoms with Crippen molar-refractivity contribution in [3.05, 3.63) is 17.5 Å². The van der Waals surface area contributed by atoms with Gasteiger partial charge in [0.25, 0.3) is 0 Å². The quantitative estimate of drug-likeness (QED) is 0.795. The summed E-state index contributed by atoms with van der Waals surface area (Å²) in [5.74, 6) is 0.775. The standard InChI is InChI=1S/C12H20N4/c1-8-7-11(4-5-13-8)16-12-14-9(2)6-10(3)15-12/h6,8,11,13H,4-5,7H2,1-3H3,(H,14,15,16). The maximum absolute atomic E-state index is 4.41. The third-order valence-electron chi connectivity index (χ3n) is 2.94. The van der Waals surface area contributed by atoms with Crippen LogP contribution in [0.2, 0.25) is 0 Å². The fourth-order valence-corrected chi connectivity index (χ4v) is 2.24. The molecule has 4 nitrogen and oxygen atoms in total. The molecule has 0 spiro atoms. The molecule has 1 saturated heterocycles. The van der Waals surface area contributed by atoms with Gasteiger partial charge in [-0.25, -0.2) is 9.97 Å². The monoisotopic (exact) mass is 220 g/mol. The zero-order valence-corrected chi connectivity index (χ0v) is 10.2. The molecule has 1 aromatic rings. The predicted molar refractivity (Wildman–Crippen MR) is 65.6 cm³/mol. The summed E-state index contributed by atoms with van der Waals surface area (Å²) in [4.78, 5) is 8.82. The number of piperidine rings is 1. The Kier molecular flexibility index (Phi) is 3.39. The van der Waals surface area contributed by atoms with Crippen LogP contribution in [0.1, 0.15) is 31.2 Å². The molecule has 0 saturated carbocycles. The van der Waals surface area contributed by atoms with Crippen molar-refractivity contribution in [1.82, 2.24) is 15.3 Å². The van der Waals surface area contributed by atoms with Crippen molar-refractivity contribution in [2.75, 3.05) is 11.9 Å². The molecule has 4 heteroatoms. The van der Waals surface area contributed by atoms with Crippen molar-refractivity contribution in [1.29, 1.82) is 0 Å². The first-order chi connectivity index (χ1) is 7.63. The molecule has 2 heterocycles. The first-order valence-electron chi connectivity index (χ1n) is 5.95. The Morgan fingerprint density at radius 2 is 2.00 bits per heavy atom. The molecule has 0 aromatic carbocycles. The van der Waals surface area contributed by atoms with Gasteiger partial charge in [0.05, 0.1) is 0 Å². The smallest absolute Gasteiger partial charge is 0.223 e. The van der Waals surface area contributed by atoms with Gasteiger partial charge in [-0.3, -0.25) is 0 Å². The Morgan fingerprint density at radius 3 is 2.62 bits per heavy atom. The molecule has 0 bridgehead atoms. The van der Waals surface area contributed by atoms with Gasteiger partial charge in [0.2, 0.25) is 5.95 Å². The van der Waals surface area contributed by atoms with Crippen LogP contribution in [0.4, 0.5) is 5.95 Å². The third kappa shape index (κ3) is 2.92. The topological polar surface area (TPSA) is 49.8 Å². The molecule has 88 valence electrons. The molecule has 0 amide bonds. The van der Waals surface area contributed by atoms with Crippen molar-refractivity contribution in [2.24, 2.45) is 0 Å². The summed E-state index contributed by atoms with van der Waals surface area (Å²) in [6.45, 7) is 7.30. The minimum absolute atomic E-state index is 0.498. The van der Waals surface area contributed by atoms with E-state index in [4.69, 9.17) is 0 Å². The second-order valence-electron chi connectivity index (χ2n) is 4.70. The molecule has 1 aliphatic rings. The largest absolute Gasteiger partial charge is 0.351 e. The van der Waals surface area contributed by atoms with Crippen molar-refractivity contribution in [3.8, 4) is 0 Å². The molecule has 2 atom stereocenters. The highest BCUT2D eigenvalue weighted by atomic mass is 15.1. The lowest BCUT2D eigenvalue weighted by Gasteiger charge is -2.28. The van der Waals surface area contributed by atoms with Crippen LogP contribution in [0.25, 0.3) is 0 Å². The lowest BCUT2D eigenvalue weighted by Crippen LogP contribution is -2.41. The Labute approximate surface area is 96.9 Å². The minimum atomic E-state index is 0.498. The number of nitrogens with one attached hydrogen (secondary N) is 2. The maximum atomic E-state index is 4.41. The Bertz CT molecular complexity index is 344. The Balaban J connectivity index is 2.02. The SMILES string of the molecule is Cc1cc(C)nc(NC2CCNC(C)C2)n1. The van der Waals surface area contributed by atoms with E-state index in [1.807, 2.05) is 19.9 Å². The second-order valence-corrected chi connectivity index (χ2v) is 4.70. The van der Waals surface area contributed by atoms with Crippen LogP contribution >= 0.6 is 0 Å². The van der Waals surface area contributed by atoms with Crippen molar-refractivity contribution in [2.45, 2.75) is 45.7 Å². The van der Waals surface area contributed by atoms with E-state index >= 15 is 0 Å². The van der Waals surface area contributed by atoms with Crippen molar-refractivity contribution in [3.63, 3.8) is 0 Å². The van der Waals surface area contributed by atoms with Crippen LogP contribution in [0.15, 0.2) is 6.07 Å². The predicted octanol–water partition coefficient (Wildman–Crippen LogP) is 1.65. The molecule has 0 radical (unpaired) electrons. The molecule has 16 heavy (non-hydrogen) atoms. The average molecular weight is 220 g/mol. The van der Waals surface area contributed by atoms with Crippen molar-refractivity contribution >= 4 is 5.95 Å². The fourth-order valence-electron chi connectivity index (χ4n) is 2.24. The summed E-state index contributed by atoms with van der Waals surface area (Å²) >= 11 is 0. The molecular formula is C12H20N4. The molecule has 2 N–H and O–H groups in total. The Morgan fingerprint density at radius 1 is 1.31 bits per heavy atom. The van der Waals surface area contributed by atoms with Crippen molar-refractivity contribution < 1.29 is 0 Å². The van der Waals surface area contributed by atoms with Crippen LogP contribution < -0.4 is 10.6 Å². The van der Waals surface area contributed by atoms with Gasteiger partial charge in [-0.15, -0.1) is 0 Å². The Hall–Kier alpha value is -1.16. The summed E-state index contributed by atoms with van der Waals surface area (Å²) in [5.41, 5.74) is 2.05. The van der Waals surface area contributed by atoms with Gasteiger partial charge in [0, 0.05) is 23.5 Å². The van der Waals surface area contributed by atoms with Gasteiger partial charge in [-0.1, -0.05) is 0 Å². The zero-order valence-electron chi connectivity index (χ0n) is 10.2. The number of aromatic nitrogens is 2. The normalized spacial score (nSPS) is 25.4. The summed E-state index contributed by atoms with van der Waals surface area (Å²) in [7, 11) is 0. The number of hydrogen-bond donors (Lipinski definition) is 2. The average Bonchev–Trinajstić information content (AvgIpc) is 2.15. The summed E-state index contributed by atoms with van der Waals surface area (Å²) in [6, 6.07) is 3.07. The maximum Gasteiger partial charge on any atom is 0.223 e. The minimum Gasteiger partial charge on any atom is -0.351 e. The van der Waals surface area contributed by atoms with E-state index in [-0.39, 0.29) is 0 Å². The van der Waals surface area contributed by atoms with Gasteiger partial charge in [0.15, 0.2) is 0 Å². The van der Waals surface area contributed by atoms with Gasteiger partial charge in [-0.05, 0) is 46.2 Å². The lowest BCUT2D eigenvalue weighted by molar-refractivity contribution is 0.395. The van der Waals surface area contributed by atoms with Crippen LogP contribution in [-0.4, -0.2) is 28.6 Å². The van der Waals surface area contributed by atoms with Crippen LogP contribution in [0.5, 0.6) is 0 Å². The van der Waals surface area contributed by atoms with Gasteiger partial charge in [-0.2, -0.15) is 0 Å².